The van der Waals surface area contributed by atoms with E-state index >= 15 is 4.57 Å². The van der Waals surface area contributed by atoms with E-state index in [4.69, 9.17) is 37.0 Å². The second-order valence-corrected chi connectivity index (χ2v) is 16.3. The zero-order chi connectivity index (χ0) is 32.0. The van der Waals surface area contributed by atoms with Crippen LogP contribution in [0.2, 0.25) is 10.0 Å². The molecule has 0 spiro atoms. The van der Waals surface area contributed by atoms with E-state index in [-0.39, 0.29) is 24.0 Å². The molecule has 7 unspecified atom stereocenters. The number of pyridine rings is 1. The van der Waals surface area contributed by atoms with Gasteiger partial charge >= 0.3 is 13.6 Å². The van der Waals surface area contributed by atoms with E-state index in [2.05, 4.69) is 46.5 Å². The molecule has 2 aliphatic rings. The van der Waals surface area contributed by atoms with Gasteiger partial charge in [-0.2, -0.15) is 0 Å². The number of carbonyl (C=O) groups excluding carboxylic acids is 1. The molecule has 0 amide bonds. The SMILES string of the molecule is CC(C)C1CCC(C)C(OP(=O)(OC2CC(C(C)C)CCC2C)C(OC(=O)/C=C\c2ccc(Cl)cc2Cl)c2cccnc2)C1. The molecule has 9 heteroatoms. The molecule has 0 aliphatic heterocycles. The molecule has 0 saturated heterocycles. The third-order valence-corrected chi connectivity index (χ3v) is 12.3. The van der Waals surface area contributed by atoms with Crippen LogP contribution in [0.3, 0.4) is 0 Å². The highest BCUT2D eigenvalue weighted by molar-refractivity contribution is 7.54. The Hall–Kier alpha value is -1.69. The molecule has 4 rings (SSSR count). The Balaban J connectivity index is 1.70. The summed E-state index contributed by atoms with van der Waals surface area (Å²) in [4.78, 5) is 17.7. The van der Waals surface area contributed by atoms with Crippen LogP contribution >= 0.6 is 30.8 Å². The first kappa shape index (κ1) is 35.2. The molecule has 0 bridgehead atoms. The lowest BCUT2D eigenvalue weighted by Gasteiger charge is -2.42. The van der Waals surface area contributed by atoms with Gasteiger partial charge in [0.25, 0.3) is 0 Å². The fourth-order valence-electron chi connectivity index (χ4n) is 6.42. The Morgan fingerprint density at radius 2 is 1.52 bits per heavy atom. The van der Waals surface area contributed by atoms with E-state index in [1.807, 2.05) is 0 Å². The third-order valence-electron chi connectivity index (χ3n) is 9.62. The van der Waals surface area contributed by atoms with Gasteiger partial charge < -0.3 is 13.8 Å². The van der Waals surface area contributed by atoms with Gasteiger partial charge in [-0.15, -0.1) is 0 Å². The number of aromatic nitrogens is 1. The maximum Gasteiger partial charge on any atom is 0.376 e. The van der Waals surface area contributed by atoms with Crippen molar-refractivity contribution in [3.8, 4) is 0 Å². The predicted molar refractivity (Wildman–Crippen MR) is 179 cm³/mol. The van der Waals surface area contributed by atoms with Crippen LogP contribution in [-0.2, 0) is 23.1 Å². The van der Waals surface area contributed by atoms with E-state index in [9.17, 15) is 4.79 Å². The van der Waals surface area contributed by atoms with Crippen LogP contribution in [0, 0.1) is 35.5 Å². The zero-order valence-electron chi connectivity index (χ0n) is 26.8. The lowest BCUT2D eigenvalue weighted by Crippen LogP contribution is -2.35. The molecule has 0 N–H and O–H groups in total. The highest BCUT2D eigenvalue weighted by Gasteiger charge is 2.48. The average Bonchev–Trinajstić information content (AvgIpc) is 2.98. The van der Waals surface area contributed by atoms with Gasteiger partial charge in [-0.1, -0.05) is 76.9 Å². The molecule has 6 nitrogen and oxygen atoms in total. The number of hydrogen-bond acceptors (Lipinski definition) is 6. The first-order chi connectivity index (χ1) is 20.9. The minimum Gasteiger partial charge on any atom is -0.441 e. The number of ether oxygens (including phenoxy) is 1. The molecule has 1 heterocycles. The minimum atomic E-state index is -4.10. The van der Waals surface area contributed by atoms with Gasteiger partial charge in [0.05, 0.1) is 12.2 Å². The molecular formula is C35H48Cl2NO5P. The Morgan fingerprint density at radius 3 is 2.02 bits per heavy atom. The van der Waals surface area contributed by atoms with Gasteiger partial charge in [0.1, 0.15) is 0 Å². The number of nitrogens with zero attached hydrogens (tertiary/aromatic N) is 1. The summed E-state index contributed by atoms with van der Waals surface area (Å²) in [6, 6.07) is 8.51. The molecule has 2 saturated carbocycles. The summed E-state index contributed by atoms with van der Waals surface area (Å²) in [5, 5.41) is 0.898. The number of halogens is 2. The van der Waals surface area contributed by atoms with Gasteiger partial charge in [0, 0.05) is 34.1 Å². The maximum absolute atomic E-state index is 15.4. The number of hydrogen-bond donors (Lipinski definition) is 0. The van der Waals surface area contributed by atoms with Crippen molar-refractivity contribution < 1.29 is 23.1 Å². The second-order valence-electron chi connectivity index (χ2n) is 13.5. The largest absolute Gasteiger partial charge is 0.441 e. The Kier molecular flexibility index (Phi) is 12.6. The second kappa shape index (κ2) is 15.7. The summed E-state index contributed by atoms with van der Waals surface area (Å²) in [6.45, 7) is 13.2. The first-order valence-electron chi connectivity index (χ1n) is 16.1. The highest BCUT2D eigenvalue weighted by Crippen LogP contribution is 2.65. The van der Waals surface area contributed by atoms with Crippen molar-refractivity contribution in [2.75, 3.05) is 0 Å². The molecule has 44 heavy (non-hydrogen) atoms. The molecule has 7 atom stereocenters. The van der Waals surface area contributed by atoms with Crippen LogP contribution in [-0.4, -0.2) is 23.2 Å². The first-order valence-corrected chi connectivity index (χ1v) is 18.4. The highest BCUT2D eigenvalue weighted by atomic mass is 35.5. The van der Waals surface area contributed by atoms with Crippen molar-refractivity contribution in [3.63, 3.8) is 0 Å². The summed E-state index contributed by atoms with van der Waals surface area (Å²) < 4.78 is 34.8. The van der Waals surface area contributed by atoms with Crippen molar-refractivity contribution in [2.45, 2.75) is 98.1 Å². The standard InChI is InChI=1S/C35H48Cl2NO5P/c1-22(2)27-11-9-24(5)32(18-27)42-44(40,43-33-19-28(23(3)4)12-10-25(33)6)35(29-8-7-17-38-21-29)41-34(39)16-14-26-13-15-30(36)20-31(26)37/h7-8,13-17,20-25,27-28,32-33,35H,9-12,18-19H2,1-6H3/b16-14-. The fourth-order valence-corrected chi connectivity index (χ4v) is 9.26. The Bertz CT molecular complexity index is 1280. The van der Waals surface area contributed by atoms with Crippen LogP contribution in [0.4, 0.5) is 0 Å². The monoisotopic (exact) mass is 663 g/mol. The van der Waals surface area contributed by atoms with Crippen LogP contribution in [0.5, 0.6) is 0 Å². The Labute approximate surface area is 273 Å². The molecule has 0 radical (unpaired) electrons. The van der Waals surface area contributed by atoms with E-state index in [0.29, 0.717) is 44.8 Å². The number of carbonyl (C=O) groups is 1. The van der Waals surface area contributed by atoms with Crippen molar-refractivity contribution in [1.29, 1.82) is 0 Å². The predicted octanol–water partition coefficient (Wildman–Crippen LogP) is 10.8. The molecule has 242 valence electrons. The quantitative estimate of drug-likeness (QED) is 0.135. The van der Waals surface area contributed by atoms with E-state index in [0.717, 1.165) is 38.5 Å². The lowest BCUT2D eigenvalue weighted by molar-refractivity contribution is -0.141. The van der Waals surface area contributed by atoms with Crippen LogP contribution in [0.15, 0.2) is 48.8 Å². The van der Waals surface area contributed by atoms with Crippen LogP contribution in [0.25, 0.3) is 6.08 Å². The number of esters is 1. The summed E-state index contributed by atoms with van der Waals surface area (Å²) in [6.07, 6.45) is 11.2. The van der Waals surface area contributed by atoms with Gasteiger partial charge in [-0.3, -0.25) is 9.55 Å². The molecule has 1 aromatic heterocycles. The van der Waals surface area contributed by atoms with Crippen molar-refractivity contribution in [2.24, 2.45) is 35.5 Å². The minimum absolute atomic E-state index is 0.186. The number of benzene rings is 1. The van der Waals surface area contributed by atoms with Gasteiger partial charge in [0.15, 0.2) is 0 Å². The number of rotatable bonds is 11. The Morgan fingerprint density at radius 1 is 0.932 bits per heavy atom. The summed E-state index contributed by atoms with van der Waals surface area (Å²) in [5.74, 6) is 0.271. The molecular weight excluding hydrogens is 616 g/mol. The maximum atomic E-state index is 15.4. The molecule has 2 fully saturated rings. The molecule has 1 aromatic carbocycles. The summed E-state index contributed by atoms with van der Waals surface area (Å²) in [7, 11) is -4.10. The van der Waals surface area contributed by atoms with Crippen molar-refractivity contribution in [3.05, 3.63) is 70.0 Å². The third kappa shape index (κ3) is 9.19. The van der Waals surface area contributed by atoms with Gasteiger partial charge in [-0.25, -0.2) is 4.79 Å². The van der Waals surface area contributed by atoms with E-state index < -0.39 is 19.4 Å². The summed E-state index contributed by atoms with van der Waals surface area (Å²) in [5.41, 5.74) is 1.07. The normalized spacial score (nSPS) is 28.2. The van der Waals surface area contributed by atoms with Crippen molar-refractivity contribution >= 4 is 42.8 Å². The topological polar surface area (TPSA) is 74.7 Å². The van der Waals surface area contributed by atoms with Gasteiger partial charge in [0.2, 0.25) is 5.85 Å². The summed E-state index contributed by atoms with van der Waals surface area (Å²) >= 11 is 12.4. The van der Waals surface area contributed by atoms with Crippen LogP contribution in [0.1, 0.15) is 97.0 Å². The zero-order valence-corrected chi connectivity index (χ0v) is 29.2. The smallest absolute Gasteiger partial charge is 0.376 e. The fraction of sp³-hybridized carbons (Fsp3) is 0.600. The molecule has 2 aromatic rings. The van der Waals surface area contributed by atoms with Crippen LogP contribution < -0.4 is 0 Å². The average molecular weight is 665 g/mol. The molecule has 2 aliphatic carbocycles. The van der Waals surface area contributed by atoms with E-state index in [1.165, 1.54) is 6.08 Å². The van der Waals surface area contributed by atoms with Gasteiger partial charge in [-0.05, 0) is 104 Å². The van der Waals surface area contributed by atoms with E-state index in [1.54, 1.807) is 48.8 Å². The lowest BCUT2D eigenvalue weighted by atomic mass is 9.76. The van der Waals surface area contributed by atoms with Crippen molar-refractivity contribution in [1.82, 2.24) is 4.98 Å².